The first kappa shape index (κ1) is 13.3. The Morgan fingerprint density at radius 3 is 1.79 bits per heavy atom. The number of amidine groups is 1. The van der Waals surface area contributed by atoms with Gasteiger partial charge in [-0.2, -0.15) is 13.2 Å². The smallest absolute Gasteiger partial charge is 0.270 e. The van der Waals surface area contributed by atoms with Crippen LogP contribution in [0.3, 0.4) is 0 Å². The van der Waals surface area contributed by atoms with E-state index in [4.69, 9.17) is 0 Å². The molecule has 0 heterocycles. The zero-order chi connectivity index (χ0) is 11.5. The average Bonchev–Trinajstić information content (AvgIpc) is 1.78. The van der Waals surface area contributed by atoms with Crippen LogP contribution in [0.15, 0.2) is 4.99 Å². The van der Waals surface area contributed by atoms with Crippen molar-refractivity contribution in [2.24, 2.45) is 4.99 Å². The molecule has 0 spiro atoms. The summed E-state index contributed by atoms with van der Waals surface area (Å²) in [7, 11) is 0. The summed E-state index contributed by atoms with van der Waals surface area (Å²) in [6.45, 7) is 7.87. The van der Waals surface area contributed by atoms with E-state index >= 15 is 0 Å². The lowest BCUT2D eigenvalue weighted by Crippen LogP contribution is -2.46. The maximum atomic E-state index is 12.5. The zero-order valence-corrected chi connectivity index (χ0v) is 9.18. The Morgan fingerprint density at radius 1 is 1.14 bits per heavy atom. The first-order valence-corrected chi connectivity index (χ1v) is 4.56. The van der Waals surface area contributed by atoms with Crippen molar-refractivity contribution in [1.82, 2.24) is 4.90 Å². The molecule has 14 heavy (non-hydrogen) atoms. The average molecular weight is 210 g/mol. The summed E-state index contributed by atoms with van der Waals surface area (Å²) in [4.78, 5) is 4.26. The molecule has 0 radical (unpaired) electrons. The van der Waals surface area contributed by atoms with Crippen molar-refractivity contribution in [3.63, 3.8) is 0 Å². The van der Waals surface area contributed by atoms with Gasteiger partial charge in [0, 0.05) is 12.1 Å². The Bertz CT molecular complexity index is 207. The van der Waals surface area contributed by atoms with E-state index in [1.165, 1.54) is 20.8 Å². The van der Waals surface area contributed by atoms with Gasteiger partial charge in [0.1, 0.15) is 5.84 Å². The molecule has 84 valence electrons. The van der Waals surface area contributed by atoms with E-state index in [2.05, 4.69) is 4.99 Å². The summed E-state index contributed by atoms with van der Waals surface area (Å²) in [6, 6.07) is -0.754. The second-order valence-corrected chi connectivity index (χ2v) is 3.70. The molecule has 0 fully saturated rings. The Balaban J connectivity index is 4.85. The molecule has 0 aliphatic heterocycles. The van der Waals surface area contributed by atoms with Crippen LogP contribution in [0.2, 0.25) is 0 Å². The minimum atomic E-state index is -4.35. The number of alkyl halides is 3. The zero-order valence-electron chi connectivity index (χ0n) is 9.18. The summed E-state index contributed by atoms with van der Waals surface area (Å²) in [5.41, 5.74) is 0. The molecular formula is C9H17F3N2. The lowest BCUT2D eigenvalue weighted by molar-refractivity contribution is -0.226. The van der Waals surface area contributed by atoms with Crippen LogP contribution in [-0.4, -0.2) is 29.1 Å². The third-order valence-corrected chi connectivity index (χ3v) is 1.58. The summed E-state index contributed by atoms with van der Waals surface area (Å²) in [5, 5.41) is 0. The maximum absolute atomic E-state index is 12.5. The van der Waals surface area contributed by atoms with Crippen molar-refractivity contribution >= 4 is 5.84 Å². The van der Waals surface area contributed by atoms with Crippen molar-refractivity contribution in [3.05, 3.63) is 0 Å². The Morgan fingerprint density at radius 2 is 1.57 bits per heavy atom. The van der Waals surface area contributed by atoms with Crippen molar-refractivity contribution in [2.45, 2.75) is 53.0 Å². The number of aliphatic imine (C=N–C) groups is 1. The third kappa shape index (κ3) is 3.98. The van der Waals surface area contributed by atoms with Gasteiger partial charge in [0.2, 0.25) is 0 Å². The summed E-state index contributed by atoms with van der Waals surface area (Å²) in [6.07, 6.45) is -4.35. The molecular weight excluding hydrogens is 193 g/mol. The minimum absolute atomic E-state index is 0.0162. The van der Waals surface area contributed by atoms with Gasteiger partial charge in [-0.15, -0.1) is 0 Å². The molecule has 0 aromatic rings. The standard InChI is InChI=1S/C9H17F3N2/c1-6(2)13-8(5)14(7(3)4)9(10,11)12/h6-7H,1-5H3/b13-8-. The first-order valence-electron chi connectivity index (χ1n) is 4.56. The molecule has 5 heteroatoms. The highest BCUT2D eigenvalue weighted by atomic mass is 19.4. The van der Waals surface area contributed by atoms with E-state index in [-0.39, 0.29) is 11.9 Å². The van der Waals surface area contributed by atoms with Crippen LogP contribution in [0.25, 0.3) is 0 Å². The second kappa shape index (κ2) is 4.66. The number of hydrogen-bond acceptors (Lipinski definition) is 1. The van der Waals surface area contributed by atoms with Gasteiger partial charge in [-0.3, -0.25) is 9.89 Å². The van der Waals surface area contributed by atoms with Gasteiger partial charge in [-0.05, 0) is 34.6 Å². The number of nitrogens with zero attached hydrogens (tertiary/aromatic N) is 2. The van der Waals surface area contributed by atoms with Gasteiger partial charge in [-0.1, -0.05) is 0 Å². The molecule has 0 unspecified atom stereocenters. The van der Waals surface area contributed by atoms with Gasteiger partial charge >= 0.3 is 6.30 Å². The lowest BCUT2D eigenvalue weighted by Gasteiger charge is -2.30. The molecule has 0 aromatic heterocycles. The number of hydrogen-bond donors (Lipinski definition) is 0. The largest absolute Gasteiger partial charge is 0.486 e. The quantitative estimate of drug-likeness (QED) is 0.388. The normalized spacial score (nSPS) is 14.0. The molecule has 0 atom stereocenters. The fourth-order valence-corrected chi connectivity index (χ4v) is 1.29. The molecule has 2 nitrogen and oxygen atoms in total. The number of rotatable bonds is 2. The van der Waals surface area contributed by atoms with Crippen LogP contribution in [0.5, 0.6) is 0 Å². The van der Waals surface area contributed by atoms with E-state index in [1.807, 2.05) is 0 Å². The highest BCUT2D eigenvalue weighted by Gasteiger charge is 2.39. The van der Waals surface area contributed by atoms with Crippen molar-refractivity contribution in [2.75, 3.05) is 0 Å². The van der Waals surface area contributed by atoms with Gasteiger partial charge in [0.15, 0.2) is 0 Å². The highest BCUT2D eigenvalue weighted by Crippen LogP contribution is 2.24. The molecule has 0 aliphatic rings. The second-order valence-electron chi connectivity index (χ2n) is 3.70. The molecule has 0 N–H and O–H groups in total. The van der Waals surface area contributed by atoms with Crippen LogP contribution in [0.1, 0.15) is 34.6 Å². The lowest BCUT2D eigenvalue weighted by atomic mass is 10.3. The van der Waals surface area contributed by atoms with Crippen LogP contribution in [-0.2, 0) is 0 Å². The fourth-order valence-electron chi connectivity index (χ4n) is 1.29. The van der Waals surface area contributed by atoms with Crippen LogP contribution < -0.4 is 0 Å². The predicted molar refractivity (Wildman–Crippen MR) is 51.3 cm³/mol. The predicted octanol–water partition coefficient (Wildman–Crippen LogP) is 3.04. The fraction of sp³-hybridized carbons (Fsp3) is 0.889. The Kier molecular flexibility index (Phi) is 4.42. The molecule has 0 aliphatic carbocycles. The molecule has 0 bridgehead atoms. The van der Waals surface area contributed by atoms with E-state index in [9.17, 15) is 13.2 Å². The van der Waals surface area contributed by atoms with Crippen molar-refractivity contribution in [3.8, 4) is 0 Å². The van der Waals surface area contributed by atoms with Gasteiger partial charge in [0.05, 0.1) is 0 Å². The SMILES string of the molecule is C/C(=N/C(C)C)N(C(C)C)C(F)(F)F. The molecule has 0 saturated carbocycles. The molecule has 0 saturated heterocycles. The summed E-state index contributed by atoms with van der Waals surface area (Å²) < 4.78 is 37.6. The van der Waals surface area contributed by atoms with Crippen molar-refractivity contribution < 1.29 is 13.2 Å². The third-order valence-electron chi connectivity index (χ3n) is 1.58. The van der Waals surface area contributed by atoms with Gasteiger partial charge in [-0.25, -0.2) is 0 Å². The monoisotopic (exact) mass is 210 g/mol. The van der Waals surface area contributed by atoms with Crippen molar-refractivity contribution in [1.29, 1.82) is 0 Å². The van der Waals surface area contributed by atoms with E-state index in [0.29, 0.717) is 4.90 Å². The highest BCUT2D eigenvalue weighted by molar-refractivity contribution is 5.80. The van der Waals surface area contributed by atoms with Crippen LogP contribution >= 0.6 is 0 Å². The summed E-state index contributed by atoms with van der Waals surface area (Å²) >= 11 is 0. The summed E-state index contributed by atoms with van der Waals surface area (Å²) in [5.74, 6) is 0.0162. The topological polar surface area (TPSA) is 15.6 Å². The number of halogens is 3. The molecule has 0 amide bonds. The molecule has 0 rings (SSSR count). The van der Waals surface area contributed by atoms with E-state index in [0.717, 1.165) is 0 Å². The Hall–Kier alpha value is -0.740. The Labute approximate surface area is 82.8 Å². The maximum Gasteiger partial charge on any atom is 0.486 e. The van der Waals surface area contributed by atoms with Gasteiger partial charge < -0.3 is 0 Å². The molecule has 0 aromatic carbocycles. The van der Waals surface area contributed by atoms with Gasteiger partial charge in [0.25, 0.3) is 0 Å². The minimum Gasteiger partial charge on any atom is -0.270 e. The van der Waals surface area contributed by atoms with E-state index in [1.54, 1.807) is 13.8 Å². The first-order chi connectivity index (χ1) is 6.16. The van der Waals surface area contributed by atoms with Crippen LogP contribution in [0, 0.1) is 0 Å². The van der Waals surface area contributed by atoms with Crippen LogP contribution in [0.4, 0.5) is 13.2 Å². The van der Waals surface area contributed by atoms with E-state index < -0.39 is 12.3 Å².